The van der Waals surface area contributed by atoms with Gasteiger partial charge < -0.3 is 0 Å². The van der Waals surface area contributed by atoms with E-state index in [1.165, 1.54) is 24.8 Å². The molecule has 3 rings (SSSR count). The van der Waals surface area contributed by atoms with Crippen molar-refractivity contribution in [2.24, 2.45) is 5.92 Å². The fourth-order valence-corrected chi connectivity index (χ4v) is 3.06. The molecule has 0 saturated heterocycles. The van der Waals surface area contributed by atoms with Crippen molar-refractivity contribution in [3.05, 3.63) is 35.4 Å². The normalized spacial score (nSPS) is 29.9. The standard InChI is InChI=1S/C13H14O/c14-13-11-7-3-1-5-9(11)10-6-2-4-8-12(10)13/h1,3,5,7,10,12H,2,4,6,8H2/t10-,12-/m0/s1. The van der Waals surface area contributed by atoms with E-state index in [0.717, 1.165) is 12.0 Å². The molecule has 1 heteroatoms. The maximum atomic E-state index is 12.0. The van der Waals surface area contributed by atoms with Crippen LogP contribution in [0.1, 0.15) is 47.5 Å². The molecule has 1 aromatic rings. The Morgan fingerprint density at radius 3 is 2.57 bits per heavy atom. The van der Waals surface area contributed by atoms with Gasteiger partial charge in [0.1, 0.15) is 0 Å². The molecule has 0 unspecified atom stereocenters. The highest BCUT2D eigenvalue weighted by Crippen LogP contribution is 2.46. The second-order valence-electron chi connectivity index (χ2n) is 4.45. The van der Waals surface area contributed by atoms with Crippen molar-refractivity contribution in [2.45, 2.75) is 31.6 Å². The van der Waals surface area contributed by atoms with Crippen LogP contribution < -0.4 is 0 Å². The molecule has 2 aliphatic carbocycles. The molecule has 2 atom stereocenters. The van der Waals surface area contributed by atoms with Gasteiger partial charge >= 0.3 is 0 Å². The Hall–Kier alpha value is -1.11. The Labute approximate surface area is 84.1 Å². The molecule has 0 spiro atoms. The first-order valence-corrected chi connectivity index (χ1v) is 5.51. The van der Waals surface area contributed by atoms with Crippen molar-refractivity contribution >= 4 is 5.78 Å². The molecule has 0 bridgehead atoms. The van der Waals surface area contributed by atoms with Crippen LogP contribution in [0.2, 0.25) is 0 Å². The lowest BCUT2D eigenvalue weighted by atomic mass is 9.79. The van der Waals surface area contributed by atoms with Crippen molar-refractivity contribution in [2.75, 3.05) is 0 Å². The monoisotopic (exact) mass is 186 g/mol. The third-order valence-electron chi connectivity index (χ3n) is 3.73. The predicted octanol–water partition coefficient (Wildman–Crippen LogP) is 3.16. The second-order valence-corrected chi connectivity index (χ2v) is 4.45. The van der Waals surface area contributed by atoms with Crippen LogP contribution in [-0.4, -0.2) is 5.78 Å². The van der Waals surface area contributed by atoms with Gasteiger partial charge in [-0.2, -0.15) is 0 Å². The molecule has 72 valence electrons. The van der Waals surface area contributed by atoms with Crippen LogP contribution in [0.4, 0.5) is 0 Å². The quantitative estimate of drug-likeness (QED) is 0.608. The van der Waals surface area contributed by atoms with Gasteiger partial charge in [0.25, 0.3) is 0 Å². The van der Waals surface area contributed by atoms with E-state index >= 15 is 0 Å². The zero-order chi connectivity index (χ0) is 9.54. The van der Waals surface area contributed by atoms with Gasteiger partial charge in [-0.3, -0.25) is 4.79 Å². The van der Waals surface area contributed by atoms with E-state index in [9.17, 15) is 4.79 Å². The second kappa shape index (κ2) is 2.94. The van der Waals surface area contributed by atoms with Crippen LogP contribution in [0.3, 0.4) is 0 Å². The zero-order valence-electron chi connectivity index (χ0n) is 8.20. The summed E-state index contributed by atoms with van der Waals surface area (Å²) in [6, 6.07) is 8.18. The lowest BCUT2D eigenvalue weighted by Gasteiger charge is -2.24. The van der Waals surface area contributed by atoms with Gasteiger partial charge in [0.15, 0.2) is 5.78 Å². The summed E-state index contributed by atoms with van der Waals surface area (Å²) in [5, 5.41) is 0. The van der Waals surface area contributed by atoms with Gasteiger partial charge in [-0.25, -0.2) is 0 Å². The summed E-state index contributed by atoms with van der Waals surface area (Å²) in [4.78, 5) is 12.0. The van der Waals surface area contributed by atoms with E-state index in [-0.39, 0.29) is 0 Å². The first-order valence-electron chi connectivity index (χ1n) is 5.51. The highest BCUT2D eigenvalue weighted by molar-refractivity contribution is 6.03. The fraction of sp³-hybridized carbons (Fsp3) is 0.462. The topological polar surface area (TPSA) is 17.1 Å². The van der Waals surface area contributed by atoms with E-state index in [4.69, 9.17) is 0 Å². The average molecular weight is 186 g/mol. The third-order valence-corrected chi connectivity index (χ3v) is 3.73. The number of carbonyl (C=O) groups is 1. The molecule has 1 nitrogen and oxygen atoms in total. The van der Waals surface area contributed by atoms with Gasteiger partial charge in [0.05, 0.1) is 0 Å². The van der Waals surface area contributed by atoms with E-state index in [1.54, 1.807) is 0 Å². The number of hydrogen-bond acceptors (Lipinski definition) is 1. The molecule has 0 heterocycles. The summed E-state index contributed by atoms with van der Waals surface area (Å²) >= 11 is 0. The minimum Gasteiger partial charge on any atom is -0.294 e. The Bertz CT molecular complexity index is 381. The molecular formula is C13H14O. The van der Waals surface area contributed by atoms with Crippen molar-refractivity contribution < 1.29 is 4.79 Å². The Kier molecular flexibility index (Phi) is 1.73. The van der Waals surface area contributed by atoms with Gasteiger partial charge in [-0.05, 0) is 24.3 Å². The van der Waals surface area contributed by atoms with Gasteiger partial charge in [0.2, 0.25) is 0 Å². The molecule has 0 amide bonds. The summed E-state index contributed by atoms with van der Waals surface area (Å²) in [5.41, 5.74) is 2.33. The molecule has 1 fully saturated rings. The molecule has 0 aliphatic heterocycles. The number of fused-ring (bicyclic) bond motifs is 3. The maximum absolute atomic E-state index is 12.0. The Morgan fingerprint density at radius 2 is 1.71 bits per heavy atom. The summed E-state index contributed by atoms with van der Waals surface area (Å²) in [7, 11) is 0. The summed E-state index contributed by atoms with van der Waals surface area (Å²) in [6.07, 6.45) is 4.86. The molecular weight excluding hydrogens is 172 g/mol. The lowest BCUT2D eigenvalue weighted by molar-refractivity contribution is 0.0898. The lowest BCUT2D eigenvalue weighted by Crippen LogP contribution is -2.17. The van der Waals surface area contributed by atoms with Crippen LogP contribution in [-0.2, 0) is 0 Å². The van der Waals surface area contributed by atoms with Crippen molar-refractivity contribution in [1.82, 2.24) is 0 Å². The van der Waals surface area contributed by atoms with Crippen LogP contribution in [0, 0.1) is 5.92 Å². The number of carbonyl (C=O) groups excluding carboxylic acids is 1. The van der Waals surface area contributed by atoms with Crippen molar-refractivity contribution in [3.8, 4) is 0 Å². The Balaban J connectivity index is 2.11. The van der Waals surface area contributed by atoms with E-state index < -0.39 is 0 Å². The zero-order valence-corrected chi connectivity index (χ0v) is 8.20. The minimum absolute atomic E-state index is 0.321. The van der Waals surface area contributed by atoms with Gasteiger partial charge in [-0.15, -0.1) is 0 Å². The number of Topliss-reactive ketones (excluding diaryl/α,β-unsaturated/α-hetero) is 1. The van der Waals surface area contributed by atoms with Crippen LogP contribution >= 0.6 is 0 Å². The molecule has 14 heavy (non-hydrogen) atoms. The van der Waals surface area contributed by atoms with Crippen LogP contribution in [0.5, 0.6) is 0 Å². The predicted molar refractivity (Wildman–Crippen MR) is 55.5 cm³/mol. The van der Waals surface area contributed by atoms with E-state index in [1.807, 2.05) is 12.1 Å². The first-order chi connectivity index (χ1) is 6.88. The first kappa shape index (κ1) is 8.22. The number of hydrogen-bond donors (Lipinski definition) is 0. The van der Waals surface area contributed by atoms with Crippen LogP contribution in [0.25, 0.3) is 0 Å². The third kappa shape index (κ3) is 0.985. The Morgan fingerprint density at radius 1 is 1.00 bits per heavy atom. The highest BCUT2D eigenvalue weighted by Gasteiger charge is 2.40. The van der Waals surface area contributed by atoms with E-state index in [2.05, 4.69) is 12.1 Å². The fourth-order valence-electron chi connectivity index (χ4n) is 3.06. The van der Waals surface area contributed by atoms with Crippen molar-refractivity contribution in [1.29, 1.82) is 0 Å². The minimum atomic E-state index is 0.321. The van der Waals surface area contributed by atoms with E-state index in [0.29, 0.717) is 17.6 Å². The molecule has 0 radical (unpaired) electrons. The smallest absolute Gasteiger partial charge is 0.166 e. The van der Waals surface area contributed by atoms with Crippen LogP contribution in [0.15, 0.2) is 24.3 Å². The molecule has 2 aliphatic rings. The average Bonchev–Trinajstić information content (AvgIpc) is 2.55. The van der Waals surface area contributed by atoms with Gasteiger partial charge in [-0.1, -0.05) is 37.1 Å². The molecule has 1 aromatic carbocycles. The molecule has 0 aromatic heterocycles. The highest BCUT2D eigenvalue weighted by atomic mass is 16.1. The largest absolute Gasteiger partial charge is 0.294 e. The number of benzene rings is 1. The maximum Gasteiger partial charge on any atom is 0.166 e. The molecule has 1 saturated carbocycles. The number of rotatable bonds is 0. The van der Waals surface area contributed by atoms with Gasteiger partial charge in [0, 0.05) is 11.5 Å². The molecule has 0 N–H and O–H groups in total. The summed E-state index contributed by atoms with van der Waals surface area (Å²) < 4.78 is 0. The summed E-state index contributed by atoms with van der Waals surface area (Å²) in [6.45, 7) is 0. The SMILES string of the molecule is O=C1c2ccccc2[C@@H]2CCCC[C@H]12. The summed E-state index contributed by atoms with van der Waals surface area (Å²) in [5.74, 6) is 1.28. The number of ketones is 1. The van der Waals surface area contributed by atoms with Crippen molar-refractivity contribution in [3.63, 3.8) is 0 Å².